The average Bonchev–Trinajstić information content (AvgIpc) is 2.91. The quantitative estimate of drug-likeness (QED) is 0.544. The summed E-state index contributed by atoms with van der Waals surface area (Å²) >= 11 is 0. The van der Waals surface area contributed by atoms with Gasteiger partial charge in [-0.2, -0.15) is 0 Å². The van der Waals surface area contributed by atoms with Gasteiger partial charge in [-0.05, 0) is 31.5 Å². The van der Waals surface area contributed by atoms with Crippen LogP contribution in [0.1, 0.15) is 25.8 Å². The molecule has 2 atom stereocenters. The first kappa shape index (κ1) is 17.7. The summed E-state index contributed by atoms with van der Waals surface area (Å²) < 4.78 is 22.6. The highest BCUT2D eigenvalue weighted by Gasteiger charge is 2.37. The molecule has 0 amide bonds. The third kappa shape index (κ3) is 5.46. The standard InChI is InChI=1S/C18H24O5/c1-18(2)22-13-17(23-18)16(6-4-5-11-19)21-12-14-7-9-15(20-3)10-8-14/h4,6-11,16-17H,5,12-13H2,1-3H3/t16-,17+/m0/s1. The maximum absolute atomic E-state index is 10.5. The van der Waals surface area contributed by atoms with Gasteiger partial charge in [0.1, 0.15) is 24.2 Å². The molecule has 23 heavy (non-hydrogen) atoms. The summed E-state index contributed by atoms with van der Waals surface area (Å²) in [5.74, 6) is 0.204. The van der Waals surface area contributed by atoms with E-state index >= 15 is 0 Å². The lowest BCUT2D eigenvalue weighted by Crippen LogP contribution is -2.31. The van der Waals surface area contributed by atoms with E-state index in [1.807, 2.05) is 44.2 Å². The summed E-state index contributed by atoms with van der Waals surface area (Å²) in [4.78, 5) is 10.5. The molecule has 0 N–H and O–H groups in total. The zero-order valence-corrected chi connectivity index (χ0v) is 13.9. The van der Waals surface area contributed by atoms with Crippen LogP contribution in [0.25, 0.3) is 0 Å². The molecule has 5 nitrogen and oxygen atoms in total. The van der Waals surface area contributed by atoms with Gasteiger partial charge in [0.25, 0.3) is 0 Å². The van der Waals surface area contributed by atoms with Gasteiger partial charge in [0, 0.05) is 6.42 Å². The van der Waals surface area contributed by atoms with Crippen molar-refractivity contribution in [2.45, 2.75) is 44.9 Å². The van der Waals surface area contributed by atoms with Crippen LogP contribution in [0.3, 0.4) is 0 Å². The normalized spacial score (nSPS) is 21.4. The molecule has 1 aliphatic heterocycles. The summed E-state index contributed by atoms with van der Waals surface area (Å²) in [6.07, 6.45) is 4.42. The molecule has 0 bridgehead atoms. The van der Waals surface area contributed by atoms with Crippen LogP contribution >= 0.6 is 0 Å². The first-order valence-corrected chi connectivity index (χ1v) is 7.70. The Kier molecular flexibility index (Phi) is 6.33. The summed E-state index contributed by atoms with van der Waals surface area (Å²) in [6, 6.07) is 7.71. The predicted molar refractivity (Wildman–Crippen MR) is 86.3 cm³/mol. The lowest BCUT2D eigenvalue weighted by atomic mass is 10.1. The van der Waals surface area contributed by atoms with E-state index < -0.39 is 5.79 Å². The van der Waals surface area contributed by atoms with E-state index in [0.717, 1.165) is 17.6 Å². The molecule has 1 fully saturated rings. The number of benzene rings is 1. The van der Waals surface area contributed by atoms with E-state index in [9.17, 15) is 4.79 Å². The molecule has 0 radical (unpaired) electrons. The van der Waals surface area contributed by atoms with Gasteiger partial charge in [0.05, 0.1) is 20.3 Å². The van der Waals surface area contributed by atoms with Crippen LogP contribution in [0.4, 0.5) is 0 Å². The first-order valence-electron chi connectivity index (χ1n) is 7.70. The second-order valence-corrected chi connectivity index (χ2v) is 5.82. The number of hydrogen-bond donors (Lipinski definition) is 0. The van der Waals surface area contributed by atoms with Crippen molar-refractivity contribution in [2.75, 3.05) is 13.7 Å². The number of methoxy groups -OCH3 is 1. The number of carbonyl (C=O) groups is 1. The number of carbonyl (C=O) groups excluding carboxylic acids is 1. The minimum atomic E-state index is -0.606. The summed E-state index contributed by atoms with van der Waals surface area (Å²) in [6.45, 7) is 4.66. The van der Waals surface area contributed by atoms with Crippen LogP contribution in [0.5, 0.6) is 5.75 Å². The van der Waals surface area contributed by atoms with Crippen LogP contribution in [0.15, 0.2) is 36.4 Å². The number of rotatable bonds is 8. The van der Waals surface area contributed by atoms with Gasteiger partial charge in [0.15, 0.2) is 5.79 Å². The molecule has 0 unspecified atom stereocenters. The van der Waals surface area contributed by atoms with Crippen LogP contribution < -0.4 is 4.74 Å². The van der Waals surface area contributed by atoms with Crippen LogP contribution in [0.2, 0.25) is 0 Å². The highest BCUT2D eigenvalue weighted by molar-refractivity contribution is 5.51. The average molecular weight is 320 g/mol. The van der Waals surface area contributed by atoms with Crippen LogP contribution in [-0.4, -0.2) is 38.0 Å². The molecule has 5 heteroatoms. The van der Waals surface area contributed by atoms with Crippen molar-refractivity contribution in [3.63, 3.8) is 0 Å². The Morgan fingerprint density at radius 1 is 1.35 bits per heavy atom. The third-order valence-corrected chi connectivity index (χ3v) is 3.56. The summed E-state index contributed by atoms with van der Waals surface area (Å²) in [5.41, 5.74) is 1.04. The van der Waals surface area contributed by atoms with Crippen molar-refractivity contribution < 1.29 is 23.7 Å². The van der Waals surface area contributed by atoms with Crippen molar-refractivity contribution in [3.8, 4) is 5.75 Å². The zero-order valence-electron chi connectivity index (χ0n) is 13.9. The lowest BCUT2D eigenvalue weighted by molar-refractivity contribution is -0.152. The van der Waals surface area contributed by atoms with Gasteiger partial charge < -0.3 is 23.7 Å². The molecule has 2 rings (SSSR count). The maximum Gasteiger partial charge on any atom is 0.163 e. The van der Waals surface area contributed by atoms with Gasteiger partial charge in [-0.15, -0.1) is 0 Å². The number of allylic oxidation sites excluding steroid dienone is 1. The Hall–Kier alpha value is -1.69. The molecule has 1 aromatic rings. The lowest BCUT2D eigenvalue weighted by Gasteiger charge is -2.22. The zero-order chi connectivity index (χ0) is 16.7. The van der Waals surface area contributed by atoms with Gasteiger partial charge in [-0.1, -0.05) is 24.3 Å². The molecule has 1 saturated heterocycles. The summed E-state index contributed by atoms with van der Waals surface area (Å²) in [5, 5.41) is 0. The smallest absolute Gasteiger partial charge is 0.163 e. The molecule has 1 aromatic carbocycles. The second-order valence-electron chi connectivity index (χ2n) is 5.82. The Balaban J connectivity index is 1.97. The second kappa shape index (κ2) is 8.24. The van der Waals surface area contributed by atoms with Crippen LogP contribution in [-0.2, 0) is 25.6 Å². The van der Waals surface area contributed by atoms with E-state index in [1.165, 1.54) is 0 Å². The van der Waals surface area contributed by atoms with E-state index in [1.54, 1.807) is 13.2 Å². The monoisotopic (exact) mass is 320 g/mol. The Bertz CT molecular complexity index is 521. The first-order chi connectivity index (χ1) is 11.0. The topological polar surface area (TPSA) is 54.0 Å². The molecule has 0 aliphatic carbocycles. The molecule has 0 aromatic heterocycles. The Labute approximate surface area is 137 Å². The maximum atomic E-state index is 10.5. The van der Waals surface area contributed by atoms with Crippen molar-refractivity contribution in [1.82, 2.24) is 0 Å². The van der Waals surface area contributed by atoms with Crippen molar-refractivity contribution in [1.29, 1.82) is 0 Å². The van der Waals surface area contributed by atoms with E-state index in [2.05, 4.69) is 0 Å². The number of hydrogen-bond acceptors (Lipinski definition) is 5. The molecule has 0 saturated carbocycles. The fourth-order valence-electron chi connectivity index (χ4n) is 2.35. The highest BCUT2D eigenvalue weighted by Crippen LogP contribution is 2.26. The number of ether oxygens (including phenoxy) is 4. The SMILES string of the molecule is COc1ccc(CO[C@@H](C=CCC=O)[C@H]2COC(C)(C)O2)cc1. The molecule has 126 valence electrons. The van der Waals surface area contributed by atoms with Crippen molar-refractivity contribution in [2.24, 2.45) is 0 Å². The Morgan fingerprint density at radius 3 is 2.65 bits per heavy atom. The van der Waals surface area contributed by atoms with Crippen LogP contribution in [0, 0.1) is 0 Å². The van der Waals surface area contributed by atoms with Crippen molar-refractivity contribution in [3.05, 3.63) is 42.0 Å². The van der Waals surface area contributed by atoms with Gasteiger partial charge in [-0.25, -0.2) is 0 Å². The minimum Gasteiger partial charge on any atom is -0.497 e. The minimum absolute atomic E-state index is 0.189. The molecule has 0 spiro atoms. The molecule has 1 heterocycles. The Morgan fingerprint density at radius 2 is 2.09 bits per heavy atom. The molecular weight excluding hydrogens is 296 g/mol. The molecule has 1 aliphatic rings. The number of aldehydes is 1. The molecular formula is C18H24O5. The van der Waals surface area contributed by atoms with Gasteiger partial charge in [-0.3, -0.25) is 0 Å². The van der Waals surface area contributed by atoms with Gasteiger partial charge in [0.2, 0.25) is 0 Å². The van der Waals surface area contributed by atoms with Gasteiger partial charge >= 0.3 is 0 Å². The summed E-state index contributed by atoms with van der Waals surface area (Å²) in [7, 11) is 1.64. The highest BCUT2D eigenvalue weighted by atomic mass is 16.7. The van der Waals surface area contributed by atoms with E-state index in [4.69, 9.17) is 18.9 Å². The van der Waals surface area contributed by atoms with E-state index in [-0.39, 0.29) is 12.2 Å². The third-order valence-electron chi connectivity index (χ3n) is 3.56. The van der Waals surface area contributed by atoms with Crippen molar-refractivity contribution >= 4 is 6.29 Å². The fourth-order valence-corrected chi connectivity index (χ4v) is 2.35. The predicted octanol–water partition coefficient (Wildman–Crippen LogP) is 2.88. The van der Waals surface area contributed by atoms with E-state index in [0.29, 0.717) is 19.6 Å². The fraction of sp³-hybridized carbons (Fsp3) is 0.500. The largest absolute Gasteiger partial charge is 0.497 e.